The third-order valence-corrected chi connectivity index (χ3v) is 3.75. The van der Waals surface area contributed by atoms with Gasteiger partial charge < -0.3 is 4.90 Å². The Bertz CT molecular complexity index is 279. The summed E-state index contributed by atoms with van der Waals surface area (Å²) >= 11 is 5.33. The van der Waals surface area contributed by atoms with Gasteiger partial charge in [-0.05, 0) is 47.5 Å². The summed E-state index contributed by atoms with van der Waals surface area (Å²) in [7, 11) is 2.10. The van der Waals surface area contributed by atoms with Crippen molar-refractivity contribution in [3.63, 3.8) is 0 Å². The fourth-order valence-corrected chi connectivity index (χ4v) is 2.37. The van der Waals surface area contributed by atoms with E-state index in [0.29, 0.717) is 0 Å². The van der Waals surface area contributed by atoms with Gasteiger partial charge in [-0.2, -0.15) is 0 Å². The molecule has 0 spiro atoms. The van der Waals surface area contributed by atoms with Crippen molar-refractivity contribution >= 4 is 27.7 Å². The average Bonchev–Trinajstić information content (AvgIpc) is 2.12. The number of hydrogen-bond acceptors (Lipinski definition) is 2. The van der Waals surface area contributed by atoms with E-state index >= 15 is 0 Å². The molecule has 1 nitrogen and oxygen atoms in total. The van der Waals surface area contributed by atoms with E-state index in [0.717, 1.165) is 5.88 Å². The Balaban J connectivity index is 2.90. The van der Waals surface area contributed by atoms with Crippen LogP contribution in [-0.2, 0) is 0 Å². The van der Waals surface area contributed by atoms with Crippen molar-refractivity contribution in [2.75, 3.05) is 12.9 Å². The Kier molecular flexibility index (Phi) is 4.13. The van der Waals surface area contributed by atoms with E-state index in [1.54, 1.807) is 11.8 Å². The molecule has 1 aliphatic heterocycles. The highest BCUT2D eigenvalue weighted by molar-refractivity contribution is 9.14. The van der Waals surface area contributed by atoms with Crippen LogP contribution in [0, 0.1) is 0 Å². The van der Waals surface area contributed by atoms with E-state index in [4.69, 9.17) is 0 Å². The first-order valence-corrected chi connectivity index (χ1v) is 5.94. The molecule has 3 heteroatoms. The molecule has 1 heterocycles. The molecule has 0 amide bonds. The Hall–Kier alpha value is -0.150. The van der Waals surface area contributed by atoms with Crippen molar-refractivity contribution < 1.29 is 0 Å². The Morgan fingerprint density at radius 1 is 1.38 bits per heavy atom. The first kappa shape index (κ1) is 10.9. The van der Waals surface area contributed by atoms with Crippen LogP contribution in [0.3, 0.4) is 0 Å². The van der Waals surface area contributed by atoms with Crippen molar-refractivity contribution in [2.45, 2.75) is 13.8 Å². The zero-order valence-corrected chi connectivity index (χ0v) is 10.6. The summed E-state index contributed by atoms with van der Waals surface area (Å²) in [5.41, 5.74) is 2.57. The number of nitrogens with zero attached hydrogens (tertiary/aromatic N) is 1. The van der Waals surface area contributed by atoms with Gasteiger partial charge in [-0.15, -0.1) is 0 Å². The first-order valence-electron chi connectivity index (χ1n) is 4.16. The van der Waals surface area contributed by atoms with Gasteiger partial charge >= 0.3 is 0 Å². The number of halogens is 1. The lowest BCUT2D eigenvalue weighted by atomic mass is 10.2. The lowest BCUT2D eigenvalue weighted by Gasteiger charge is -2.18. The molecular weight excluding hydrogens is 246 g/mol. The Morgan fingerprint density at radius 3 is 2.77 bits per heavy atom. The molecule has 1 rings (SSSR count). The van der Waals surface area contributed by atoms with Crippen LogP contribution in [0.4, 0.5) is 0 Å². The largest absolute Gasteiger partial charge is 0.368 e. The standard InChI is InChI=1S/C10H14BrNS/c1-8-4-5-9(2)12(3)7-13-10(11)6-8/h4-6H,7H2,1-3H3/b8-4+,9-5-,10-6-. The zero-order chi connectivity index (χ0) is 9.84. The van der Waals surface area contributed by atoms with Crippen LogP contribution >= 0.6 is 27.7 Å². The van der Waals surface area contributed by atoms with Crippen LogP contribution in [-0.4, -0.2) is 17.8 Å². The third-order valence-electron chi connectivity index (χ3n) is 1.93. The number of allylic oxidation sites excluding steroid dienone is 5. The summed E-state index contributed by atoms with van der Waals surface area (Å²) < 4.78 is 1.19. The van der Waals surface area contributed by atoms with Crippen molar-refractivity contribution in [3.8, 4) is 0 Å². The van der Waals surface area contributed by atoms with Crippen molar-refractivity contribution in [3.05, 3.63) is 33.3 Å². The molecular formula is C10H14BrNS. The van der Waals surface area contributed by atoms with Gasteiger partial charge in [0.15, 0.2) is 0 Å². The third kappa shape index (κ3) is 3.61. The van der Waals surface area contributed by atoms with Gasteiger partial charge in [0.25, 0.3) is 0 Å². The second-order valence-electron chi connectivity index (χ2n) is 3.14. The molecule has 0 fully saturated rings. The van der Waals surface area contributed by atoms with Crippen LogP contribution in [0.2, 0.25) is 0 Å². The number of rotatable bonds is 0. The molecule has 13 heavy (non-hydrogen) atoms. The highest BCUT2D eigenvalue weighted by Crippen LogP contribution is 2.26. The number of hydrogen-bond donors (Lipinski definition) is 0. The maximum atomic E-state index is 3.53. The highest BCUT2D eigenvalue weighted by atomic mass is 79.9. The van der Waals surface area contributed by atoms with E-state index in [1.165, 1.54) is 15.1 Å². The maximum Gasteiger partial charge on any atom is 0.0684 e. The SMILES string of the molecule is C/C1=C/C=C(C)/C=C(/Br)SCN1C. The minimum Gasteiger partial charge on any atom is -0.368 e. The quantitative estimate of drug-likeness (QED) is 0.653. The molecule has 0 aromatic rings. The fourth-order valence-electron chi connectivity index (χ4n) is 0.908. The summed E-state index contributed by atoms with van der Waals surface area (Å²) in [6.07, 6.45) is 6.44. The van der Waals surface area contributed by atoms with Crippen LogP contribution in [0.15, 0.2) is 33.3 Å². The fraction of sp³-hybridized carbons (Fsp3) is 0.400. The van der Waals surface area contributed by atoms with Crippen molar-refractivity contribution in [1.82, 2.24) is 4.90 Å². The second kappa shape index (κ2) is 4.91. The van der Waals surface area contributed by atoms with E-state index in [9.17, 15) is 0 Å². The summed E-state index contributed by atoms with van der Waals surface area (Å²) in [6.45, 7) is 4.24. The van der Waals surface area contributed by atoms with Gasteiger partial charge in [0.1, 0.15) is 0 Å². The summed E-state index contributed by atoms with van der Waals surface area (Å²) in [4.78, 5) is 2.23. The van der Waals surface area contributed by atoms with Crippen LogP contribution in [0.1, 0.15) is 13.8 Å². The van der Waals surface area contributed by atoms with E-state index in [2.05, 4.69) is 60.0 Å². The molecule has 0 saturated heterocycles. The summed E-state index contributed by atoms with van der Waals surface area (Å²) in [5.74, 6) is 0.987. The normalized spacial score (nSPS) is 31.4. The van der Waals surface area contributed by atoms with Crippen molar-refractivity contribution in [1.29, 1.82) is 0 Å². The van der Waals surface area contributed by atoms with Gasteiger partial charge in [0.2, 0.25) is 0 Å². The molecule has 0 bridgehead atoms. The van der Waals surface area contributed by atoms with E-state index in [-0.39, 0.29) is 0 Å². The molecule has 0 aromatic carbocycles. The molecule has 0 unspecified atom stereocenters. The molecule has 0 N–H and O–H groups in total. The first-order chi connectivity index (χ1) is 6.09. The van der Waals surface area contributed by atoms with Crippen LogP contribution in [0.5, 0.6) is 0 Å². The van der Waals surface area contributed by atoms with Gasteiger partial charge in [-0.3, -0.25) is 0 Å². The minimum atomic E-state index is 0.987. The van der Waals surface area contributed by atoms with E-state index in [1.807, 2.05) is 0 Å². The van der Waals surface area contributed by atoms with E-state index < -0.39 is 0 Å². The predicted octanol–water partition coefficient (Wildman–Crippen LogP) is 3.71. The smallest absolute Gasteiger partial charge is 0.0684 e. The maximum absolute atomic E-state index is 3.53. The molecule has 72 valence electrons. The zero-order valence-electron chi connectivity index (χ0n) is 8.17. The minimum absolute atomic E-state index is 0.987. The van der Waals surface area contributed by atoms with Gasteiger partial charge in [-0.25, -0.2) is 0 Å². The molecule has 0 saturated carbocycles. The lowest BCUT2D eigenvalue weighted by Crippen LogP contribution is -2.14. The summed E-state index contributed by atoms with van der Waals surface area (Å²) in [5, 5.41) is 0. The van der Waals surface area contributed by atoms with Gasteiger partial charge in [0, 0.05) is 12.7 Å². The van der Waals surface area contributed by atoms with Crippen molar-refractivity contribution in [2.24, 2.45) is 0 Å². The molecule has 0 radical (unpaired) electrons. The molecule has 0 atom stereocenters. The monoisotopic (exact) mass is 259 g/mol. The van der Waals surface area contributed by atoms with Crippen LogP contribution < -0.4 is 0 Å². The topological polar surface area (TPSA) is 3.24 Å². The lowest BCUT2D eigenvalue weighted by molar-refractivity contribution is 0.495. The van der Waals surface area contributed by atoms with Crippen LogP contribution in [0.25, 0.3) is 0 Å². The molecule has 1 aliphatic rings. The Morgan fingerprint density at radius 2 is 2.08 bits per heavy atom. The highest BCUT2D eigenvalue weighted by Gasteiger charge is 2.02. The van der Waals surface area contributed by atoms with Gasteiger partial charge in [-0.1, -0.05) is 17.8 Å². The molecule has 0 aliphatic carbocycles. The second-order valence-corrected chi connectivity index (χ2v) is 5.50. The average molecular weight is 260 g/mol. The summed E-state index contributed by atoms with van der Waals surface area (Å²) in [6, 6.07) is 0. The predicted molar refractivity (Wildman–Crippen MR) is 64.7 cm³/mol. The Labute approximate surface area is 92.7 Å². The van der Waals surface area contributed by atoms with Gasteiger partial charge in [0.05, 0.1) is 9.69 Å². The number of thioether (sulfide) groups is 1. The molecule has 0 aromatic heterocycles.